The van der Waals surface area contributed by atoms with Crippen LogP contribution in [0.1, 0.15) is 11.7 Å². The van der Waals surface area contributed by atoms with Crippen molar-refractivity contribution in [2.75, 3.05) is 32.8 Å². The van der Waals surface area contributed by atoms with Crippen molar-refractivity contribution in [1.82, 2.24) is 4.90 Å². The highest BCUT2D eigenvalue weighted by molar-refractivity contribution is 6.32. The summed E-state index contributed by atoms with van der Waals surface area (Å²) in [5.74, 6) is 0.286. The standard InChI is InChI=1S/C19H21ClFNO3.ClH/c20-17-6-1-2-7-18(17)25-13-16(23)11-22-8-9-24-19(12-22)14-4-3-5-15(21)10-14;/h1-7,10,16,19,23H,8-9,11-13H2;1H. The molecule has 0 radical (unpaired) electrons. The summed E-state index contributed by atoms with van der Waals surface area (Å²) in [5.41, 5.74) is 0.812. The predicted octanol–water partition coefficient (Wildman–Crippen LogP) is 3.71. The van der Waals surface area contributed by atoms with Gasteiger partial charge in [0.15, 0.2) is 0 Å². The Balaban J connectivity index is 0.00000243. The summed E-state index contributed by atoms with van der Waals surface area (Å²) in [4.78, 5) is 2.10. The average molecular weight is 402 g/mol. The number of benzene rings is 2. The van der Waals surface area contributed by atoms with Crippen LogP contribution in [0.25, 0.3) is 0 Å². The lowest BCUT2D eigenvalue weighted by Crippen LogP contribution is -2.43. The molecule has 0 saturated carbocycles. The van der Waals surface area contributed by atoms with Crippen molar-refractivity contribution in [3.8, 4) is 5.75 Å². The summed E-state index contributed by atoms with van der Waals surface area (Å²) >= 11 is 6.04. The molecule has 1 fully saturated rings. The van der Waals surface area contributed by atoms with E-state index in [9.17, 15) is 9.50 Å². The molecular weight excluding hydrogens is 380 g/mol. The number of aliphatic hydroxyl groups is 1. The van der Waals surface area contributed by atoms with Crippen LogP contribution in [0, 0.1) is 5.82 Å². The topological polar surface area (TPSA) is 41.9 Å². The SMILES string of the molecule is Cl.OC(COc1ccccc1Cl)CN1CCOC(c2cccc(F)c2)C1. The molecule has 1 aliphatic heterocycles. The lowest BCUT2D eigenvalue weighted by Gasteiger charge is -2.34. The number of para-hydroxylation sites is 1. The van der Waals surface area contributed by atoms with Crippen LogP contribution in [0.4, 0.5) is 4.39 Å². The van der Waals surface area contributed by atoms with Crippen molar-refractivity contribution in [3.63, 3.8) is 0 Å². The second-order valence-corrected chi connectivity index (χ2v) is 6.48. The van der Waals surface area contributed by atoms with Crippen LogP contribution >= 0.6 is 24.0 Å². The van der Waals surface area contributed by atoms with Gasteiger partial charge in [-0.15, -0.1) is 12.4 Å². The van der Waals surface area contributed by atoms with Gasteiger partial charge >= 0.3 is 0 Å². The largest absolute Gasteiger partial charge is 0.489 e. The number of halogens is 3. The summed E-state index contributed by atoms with van der Waals surface area (Å²) in [6, 6.07) is 13.6. The Morgan fingerprint density at radius 2 is 2.08 bits per heavy atom. The molecule has 1 aliphatic rings. The summed E-state index contributed by atoms with van der Waals surface area (Å²) in [6.07, 6.45) is -0.844. The van der Waals surface area contributed by atoms with E-state index in [-0.39, 0.29) is 30.9 Å². The van der Waals surface area contributed by atoms with Crippen LogP contribution in [0.2, 0.25) is 5.02 Å². The molecule has 0 spiro atoms. The van der Waals surface area contributed by atoms with E-state index in [1.54, 1.807) is 18.2 Å². The number of rotatable bonds is 6. The maximum atomic E-state index is 13.4. The molecule has 142 valence electrons. The van der Waals surface area contributed by atoms with Crippen LogP contribution in [-0.4, -0.2) is 49.0 Å². The first-order valence-electron chi connectivity index (χ1n) is 8.26. The van der Waals surface area contributed by atoms with Crippen molar-refractivity contribution >= 4 is 24.0 Å². The number of hydrogen-bond donors (Lipinski definition) is 1. The first-order chi connectivity index (χ1) is 12.1. The minimum absolute atomic E-state index is 0. The maximum Gasteiger partial charge on any atom is 0.138 e. The highest BCUT2D eigenvalue weighted by atomic mass is 35.5. The highest BCUT2D eigenvalue weighted by Gasteiger charge is 2.24. The number of aliphatic hydroxyl groups excluding tert-OH is 1. The molecule has 0 amide bonds. The third-order valence-corrected chi connectivity index (χ3v) is 4.42. The summed E-state index contributed by atoms with van der Waals surface area (Å²) in [5, 5.41) is 10.8. The Labute approximate surface area is 163 Å². The third kappa shape index (κ3) is 5.83. The zero-order valence-corrected chi connectivity index (χ0v) is 15.8. The van der Waals surface area contributed by atoms with Crippen molar-refractivity contribution in [3.05, 3.63) is 64.9 Å². The normalized spacial score (nSPS) is 18.8. The first kappa shape index (κ1) is 20.9. The van der Waals surface area contributed by atoms with E-state index in [4.69, 9.17) is 21.1 Å². The molecule has 2 aromatic carbocycles. The number of hydrogen-bond acceptors (Lipinski definition) is 4. The fourth-order valence-corrected chi connectivity index (χ4v) is 3.07. The van der Waals surface area contributed by atoms with Gasteiger partial charge in [-0.05, 0) is 29.8 Å². The van der Waals surface area contributed by atoms with E-state index in [0.29, 0.717) is 30.5 Å². The van der Waals surface area contributed by atoms with Crippen molar-refractivity contribution in [2.45, 2.75) is 12.2 Å². The Hall–Kier alpha value is -1.37. The average Bonchev–Trinajstić information content (AvgIpc) is 2.61. The molecule has 0 aliphatic carbocycles. The lowest BCUT2D eigenvalue weighted by atomic mass is 10.1. The Kier molecular flexibility index (Phi) is 8.13. The van der Waals surface area contributed by atoms with Gasteiger partial charge in [0.25, 0.3) is 0 Å². The maximum absolute atomic E-state index is 13.4. The van der Waals surface area contributed by atoms with Crippen molar-refractivity contribution in [2.24, 2.45) is 0 Å². The van der Waals surface area contributed by atoms with Gasteiger partial charge in [0.1, 0.15) is 24.3 Å². The van der Waals surface area contributed by atoms with Crippen LogP contribution in [0.3, 0.4) is 0 Å². The molecule has 7 heteroatoms. The van der Waals surface area contributed by atoms with Gasteiger partial charge in [0.05, 0.1) is 17.7 Å². The number of morpholine rings is 1. The van der Waals surface area contributed by atoms with E-state index < -0.39 is 6.10 Å². The fraction of sp³-hybridized carbons (Fsp3) is 0.368. The van der Waals surface area contributed by atoms with Crippen LogP contribution in [0.15, 0.2) is 48.5 Å². The second-order valence-electron chi connectivity index (χ2n) is 6.07. The monoisotopic (exact) mass is 401 g/mol. The number of nitrogens with zero attached hydrogens (tertiary/aromatic N) is 1. The number of ether oxygens (including phenoxy) is 2. The molecule has 1 N–H and O–H groups in total. The van der Waals surface area contributed by atoms with E-state index in [2.05, 4.69) is 4.90 Å². The van der Waals surface area contributed by atoms with E-state index >= 15 is 0 Å². The minimum atomic E-state index is -0.650. The Bertz CT molecular complexity index is 704. The van der Waals surface area contributed by atoms with Crippen LogP contribution < -0.4 is 4.74 Å². The molecule has 0 bridgehead atoms. The molecule has 1 saturated heterocycles. The number of β-amino-alcohol motifs (C(OH)–C–C–N with tert-alkyl or cyclic N) is 1. The first-order valence-corrected chi connectivity index (χ1v) is 8.64. The predicted molar refractivity (Wildman–Crippen MR) is 102 cm³/mol. The molecular formula is C19H22Cl2FNO3. The van der Waals surface area contributed by atoms with Gasteiger partial charge in [0, 0.05) is 19.6 Å². The van der Waals surface area contributed by atoms with E-state index in [1.165, 1.54) is 12.1 Å². The van der Waals surface area contributed by atoms with E-state index in [1.807, 2.05) is 18.2 Å². The van der Waals surface area contributed by atoms with Gasteiger partial charge < -0.3 is 14.6 Å². The molecule has 2 unspecified atom stereocenters. The zero-order chi connectivity index (χ0) is 17.6. The van der Waals surface area contributed by atoms with Gasteiger partial charge in [0.2, 0.25) is 0 Å². The van der Waals surface area contributed by atoms with Gasteiger partial charge in [-0.3, -0.25) is 4.90 Å². The van der Waals surface area contributed by atoms with Gasteiger partial charge in [-0.2, -0.15) is 0 Å². The van der Waals surface area contributed by atoms with Crippen molar-refractivity contribution in [1.29, 1.82) is 0 Å². The molecule has 2 aromatic rings. The Morgan fingerprint density at radius 3 is 2.85 bits per heavy atom. The zero-order valence-electron chi connectivity index (χ0n) is 14.2. The molecule has 4 nitrogen and oxygen atoms in total. The lowest BCUT2D eigenvalue weighted by molar-refractivity contribution is -0.0460. The van der Waals surface area contributed by atoms with E-state index in [0.717, 1.165) is 12.1 Å². The van der Waals surface area contributed by atoms with Crippen molar-refractivity contribution < 1.29 is 19.0 Å². The molecule has 2 atom stereocenters. The minimum Gasteiger partial charge on any atom is -0.489 e. The van der Waals surface area contributed by atoms with Crippen LogP contribution in [-0.2, 0) is 4.74 Å². The Morgan fingerprint density at radius 1 is 1.27 bits per heavy atom. The van der Waals surface area contributed by atoms with Gasteiger partial charge in [-0.25, -0.2) is 4.39 Å². The quantitative estimate of drug-likeness (QED) is 0.800. The molecule has 26 heavy (non-hydrogen) atoms. The third-order valence-electron chi connectivity index (χ3n) is 4.11. The smallest absolute Gasteiger partial charge is 0.138 e. The molecule has 0 aromatic heterocycles. The molecule has 3 rings (SSSR count). The second kappa shape index (κ2) is 10.1. The summed E-state index contributed by atoms with van der Waals surface area (Å²) in [6.45, 7) is 2.48. The summed E-state index contributed by atoms with van der Waals surface area (Å²) in [7, 11) is 0. The van der Waals surface area contributed by atoms with Crippen LogP contribution in [0.5, 0.6) is 5.75 Å². The van der Waals surface area contributed by atoms with Gasteiger partial charge in [-0.1, -0.05) is 35.9 Å². The fourth-order valence-electron chi connectivity index (χ4n) is 2.88. The molecule has 1 heterocycles. The highest BCUT2D eigenvalue weighted by Crippen LogP contribution is 2.24. The summed E-state index contributed by atoms with van der Waals surface area (Å²) < 4.78 is 24.7.